The van der Waals surface area contributed by atoms with Crippen LogP contribution in [-0.4, -0.2) is 78.3 Å². The Kier molecular flexibility index (Phi) is 4.73. The summed E-state index contributed by atoms with van der Waals surface area (Å²) in [7, 11) is 0. The number of nitrogens with zero attached hydrogens (tertiary/aromatic N) is 2. The van der Waals surface area contributed by atoms with Crippen molar-refractivity contribution in [3.8, 4) is 0 Å². The summed E-state index contributed by atoms with van der Waals surface area (Å²) >= 11 is 0. The Morgan fingerprint density at radius 1 is 1.19 bits per heavy atom. The van der Waals surface area contributed by atoms with Crippen molar-refractivity contribution >= 4 is 16.8 Å². The third-order valence-corrected chi connectivity index (χ3v) is 5.45. The number of rotatable bonds is 2. The molecule has 1 aromatic heterocycles. The number of nitrogens with one attached hydrogen (secondary N) is 1. The summed E-state index contributed by atoms with van der Waals surface area (Å²) in [4.78, 5) is 20.6. The van der Waals surface area contributed by atoms with E-state index in [1.165, 1.54) is 0 Å². The first kappa shape index (κ1) is 17.5. The molecule has 1 spiro atoms. The van der Waals surface area contributed by atoms with Gasteiger partial charge in [0.1, 0.15) is 5.60 Å². The maximum Gasteiger partial charge on any atom is 0.254 e. The van der Waals surface area contributed by atoms with Crippen molar-refractivity contribution in [2.75, 3.05) is 46.0 Å². The molecule has 6 heteroatoms. The van der Waals surface area contributed by atoms with Crippen LogP contribution >= 0.6 is 0 Å². The Balaban J connectivity index is 1.54. The summed E-state index contributed by atoms with van der Waals surface area (Å²) in [5, 5.41) is 1.12. The van der Waals surface area contributed by atoms with E-state index in [0.717, 1.165) is 24.0 Å². The lowest BCUT2D eigenvalue weighted by atomic mass is 10.00. The summed E-state index contributed by atoms with van der Waals surface area (Å²) in [5.41, 5.74) is 1.26. The second kappa shape index (κ2) is 7.02. The highest BCUT2D eigenvalue weighted by molar-refractivity contribution is 5.98. The molecule has 1 atom stereocenters. The first-order valence-electron chi connectivity index (χ1n) is 9.39. The van der Waals surface area contributed by atoms with Gasteiger partial charge in [-0.2, -0.15) is 0 Å². The number of benzene rings is 1. The van der Waals surface area contributed by atoms with Gasteiger partial charge >= 0.3 is 0 Å². The minimum atomic E-state index is -0.439. The molecule has 0 saturated carbocycles. The van der Waals surface area contributed by atoms with Crippen LogP contribution in [0.25, 0.3) is 10.9 Å². The lowest BCUT2D eigenvalue weighted by Crippen LogP contribution is -2.60. The standard InChI is InChI=1S/C20H27N3O3/c1-15(2)22-7-9-25-14-20(12-22)13-23(8-10-26-20)19(24)17-4-3-16-5-6-21-18(16)11-17/h3-6,11,15,21H,7-10,12-14H2,1-2H3. The molecule has 26 heavy (non-hydrogen) atoms. The van der Waals surface area contributed by atoms with Crippen molar-refractivity contribution in [2.45, 2.75) is 25.5 Å². The number of carbonyl (C=O) groups excluding carboxylic acids is 1. The molecule has 2 aliphatic heterocycles. The number of hydrogen-bond donors (Lipinski definition) is 1. The maximum atomic E-state index is 13.1. The predicted molar refractivity (Wildman–Crippen MR) is 100 cm³/mol. The number of hydrogen-bond acceptors (Lipinski definition) is 4. The minimum Gasteiger partial charge on any atom is -0.377 e. The number of fused-ring (bicyclic) bond motifs is 1. The number of ether oxygens (including phenoxy) is 2. The van der Waals surface area contributed by atoms with Gasteiger partial charge in [-0.3, -0.25) is 9.69 Å². The Labute approximate surface area is 154 Å². The van der Waals surface area contributed by atoms with Crippen molar-refractivity contribution in [3.63, 3.8) is 0 Å². The Morgan fingerprint density at radius 2 is 2.08 bits per heavy atom. The molecule has 1 aromatic carbocycles. The molecule has 1 amide bonds. The highest BCUT2D eigenvalue weighted by atomic mass is 16.5. The molecule has 0 bridgehead atoms. The first-order chi connectivity index (χ1) is 12.6. The van der Waals surface area contributed by atoms with Crippen LogP contribution < -0.4 is 0 Å². The summed E-state index contributed by atoms with van der Waals surface area (Å²) in [6.45, 7) is 9.06. The second-order valence-electron chi connectivity index (χ2n) is 7.65. The maximum absolute atomic E-state index is 13.1. The molecule has 2 aliphatic rings. The van der Waals surface area contributed by atoms with Crippen molar-refractivity contribution in [1.82, 2.24) is 14.8 Å². The summed E-state index contributed by atoms with van der Waals surface area (Å²) in [6.07, 6.45) is 1.89. The zero-order valence-electron chi connectivity index (χ0n) is 15.5. The zero-order chi connectivity index (χ0) is 18.1. The molecule has 2 aromatic rings. The molecule has 2 fully saturated rings. The van der Waals surface area contributed by atoms with Gasteiger partial charge in [0.15, 0.2) is 0 Å². The van der Waals surface area contributed by atoms with E-state index in [-0.39, 0.29) is 5.91 Å². The average Bonchev–Trinajstić information content (AvgIpc) is 3.02. The van der Waals surface area contributed by atoms with Crippen LogP contribution in [0, 0.1) is 0 Å². The molecule has 3 heterocycles. The molecule has 1 N–H and O–H groups in total. The van der Waals surface area contributed by atoms with E-state index in [1.807, 2.05) is 35.4 Å². The van der Waals surface area contributed by atoms with Gasteiger partial charge < -0.3 is 19.4 Å². The normalized spacial score (nSPS) is 25.1. The van der Waals surface area contributed by atoms with Gasteiger partial charge in [0.05, 0.1) is 26.4 Å². The van der Waals surface area contributed by atoms with Gasteiger partial charge in [-0.05, 0) is 37.4 Å². The van der Waals surface area contributed by atoms with Crippen LogP contribution in [0.3, 0.4) is 0 Å². The van der Waals surface area contributed by atoms with Gasteiger partial charge in [0, 0.05) is 43.0 Å². The number of aromatic amines is 1. The lowest BCUT2D eigenvalue weighted by Gasteiger charge is -2.44. The van der Waals surface area contributed by atoms with Crippen LogP contribution in [0.5, 0.6) is 0 Å². The molecule has 140 valence electrons. The molecule has 0 aliphatic carbocycles. The number of amides is 1. The van der Waals surface area contributed by atoms with Crippen molar-refractivity contribution in [3.05, 3.63) is 36.0 Å². The minimum absolute atomic E-state index is 0.0597. The van der Waals surface area contributed by atoms with E-state index >= 15 is 0 Å². The van der Waals surface area contributed by atoms with Gasteiger partial charge in [-0.15, -0.1) is 0 Å². The fraction of sp³-hybridized carbons (Fsp3) is 0.550. The SMILES string of the molecule is CC(C)N1CCOCC2(CN(C(=O)c3ccc4cc[nH]c4c3)CCO2)C1. The smallest absolute Gasteiger partial charge is 0.254 e. The van der Waals surface area contributed by atoms with E-state index < -0.39 is 5.60 Å². The van der Waals surface area contributed by atoms with Crippen LogP contribution in [0.15, 0.2) is 30.5 Å². The average molecular weight is 357 g/mol. The van der Waals surface area contributed by atoms with Gasteiger partial charge in [0.2, 0.25) is 0 Å². The number of aromatic nitrogens is 1. The molecule has 6 nitrogen and oxygen atoms in total. The topological polar surface area (TPSA) is 57.8 Å². The number of carbonyl (C=O) groups is 1. The molecular weight excluding hydrogens is 330 g/mol. The Morgan fingerprint density at radius 3 is 2.92 bits per heavy atom. The Hall–Kier alpha value is -1.89. The zero-order valence-corrected chi connectivity index (χ0v) is 15.5. The van der Waals surface area contributed by atoms with E-state index in [0.29, 0.717) is 44.5 Å². The highest BCUT2D eigenvalue weighted by Crippen LogP contribution is 2.25. The highest BCUT2D eigenvalue weighted by Gasteiger charge is 2.42. The molecule has 0 radical (unpaired) electrons. The third-order valence-electron chi connectivity index (χ3n) is 5.45. The van der Waals surface area contributed by atoms with Crippen molar-refractivity contribution < 1.29 is 14.3 Å². The molecular formula is C20H27N3O3. The fourth-order valence-electron chi connectivity index (χ4n) is 3.94. The molecule has 2 saturated heterocycles. The van der Waals surface area contributed by atoms with Crippen LogP contribution in [0.4, 0.5) is 0 Å². The van der Waals surface area contributed by atoms with Crippen molar-refractivity contribution in [2.24, 2.45) is 0 Å². The monoisotopic (exact) mass is 357 g/mol. The number of morpholine rings is 1. The molecule has 1 unspecified atom stereocenters. The van der Waals surface area contributed by atoms with Crippen LogP contribution in [0.1, 0.15) is 24.2 Å². The van der Waals surface area contributed by atoms with E-state index in [4.69, 9.17) is 9.47 Å². The predicted octanol–water partition coefficient (Wildman–Crippen LogP) is 2.12. The van der Waals surface area contributed by atoms with Gasteiger partial charge in [0.25, 0.3) is 5.91 Å². The van der Waals surface area contributed by atoms with Crippen LogP contribution in [-0.2, 0) is 9.47 Å². The summed E-state index contributed by atoms with van der Waals surface area (Å²) < 4.78 is 12.0. The lowest BCUT2D eigenvalue weighted by molar-refractivity contribution is -0.134. The van der Waals surface area contributed by atoms with E-state index in [2.05, 4.69) is 23.7 Å². The second-order valence-corrected chi connectivity index (χ2v) is 7.65. The largest absolute Gasteiger partial charge is 0.377 e. The van der Waals surface area contributed by atoms with Crippen LogP contribution in [0.2, 0.25) is 0 Å². The summed E-state index contributed by atoms with van der Waals surface area (Å²) in [6, 6.07) is 8.27. The quantitative estimate of drug-likeness (QED) is 0.894. The van der Waals surface area contributed by atoms with Crippen molar-refractivity contribution in [1.29, 1.82) is 0 Å². The van der Waals surface area contributed by atoms with E-state index in [9.17, 15) is 4.79 Å². The molecule has 4 rings (SSSR count). The van der Waals surface area contributed by atoms with Gasteiger partial charge in [-0.1, -0.05) is 6.07 Å². The van der Waals surface area contributed by atoms with E-state index in [1.54, 1.807) is 0 Å². The van der Waals surface area contributed by atoms with Gasteiger partial charge in [-0.25, -0.2) is 0 Å². The number of H-pyrrole nitrogens is 1. The Bertz CT molecular complexity index is 787. The summed E-state index contributed by atoms with van der Waals surface area (Å²) in [5.74, 6) is 0.0597. The third kappa shape index (κ3) is 3.37. The first-order valence-corrected chi connectivity index (χ1v) is 9.39. The fourth-order valence-corrected chi connectivity index (χ4v) is 3.94.